The van der Waals surface area contributed by atoms with E-state index in [4.69, 9.17) is 23.2 Å². The van der Waals surface area contributed by atoms with Crippen LogP contribution in [0.5, 0.6) is 0 Å². The molecule has 5 nitrogen and oxygen atoms in total. The summed E-state index contributed by atoms with van der Waals surface area (Å²) >= 11 is 13.6. The summed E-state index contributed by atoms with van der Waals surface area (Å²) in [4.78, 5) is 17.0. The summed E-state index contributed by atoms with van der Waals surface area (Å²) in [5.74, 6) is -1.16. The van der Waals surface area contributed by atoms with E-state index in [1.54, 1.807) is 28.8 Å². The Hall–Kier alpha value is -2.48. The molecule has 2 heterocycles. The van der Waals surface area contributed by atoms with Crippen LogP contribution >= 0.6 is 34.5 Å². The lowest BCUT2D eigenvalue weighted by Crippen LogP contribution is -2.14. The maximum absolute atomic E-state index is 13.7. The topological polar surface area (TPSA) is 59.3 Å². The van der Waals surface area contributed by atoms with E-state index in [2.05, 4.69) is 15.4 Å². The minimum absolute atomic E-state index is 0.0736. The minimum Gasteiger partial charge on any atom is -0.289 e. The molecule has 0 atom stereocenters. The summed E-state index contributed by atoms with van der Waals surface area (Å²) in [7, 11) is 0. The first-order valence-corrected chi connectivity index (χ1v) is 9.02. The molecule has 0 aliphatic rings. The fourth-order valence-corrected chi connectivity index (χ4v) is 3.64. The van der Waals surface area contributed by atoms with Gasteiger partial charge in [-0.2, -0.15) is 4.98 Å². The van der Waals surface area contributed by atoms with E-state index in [9.17, 15) is 9.18 Å². The van der Waals surface area contributed by atoms with Gasteiger partial charge in [0.25, 0.3) is 11.9 Å². The molecule has 0 aliphatic carbocycles. The molecule has 130 valence electrons. The fraction of sp³-hybridized carbons (Fsp3) is 0. The van der Waals surface area contributed by atoms with E-state index in [0.29, 0.717) is 26.3 Å². The SMILES string of the molecule is O=C(Nc1nc2scc(-c3cc(Cl)ccc3Cl)n2n1)c1ccccc1F. The number of fused-ring (bicyclic) bond motifs is 1. The van der Waals surface area contributed by atoms with Gasteiger partial charge in [0.1, 0.15) is 5.82 Å². The second kappa shape index (κ2) is 6.68. The van der Waals surface area contributed by atoms with Crippen LogP contribution in [0.15, 0.2) is 47.8 Å². The number of benzene rings is 2. The van der Waals surface area contributed by atoms with Crippen molar-refractivity contribution in [2.75, 3.05) is 5.32 Å². The number of hydrogen-bond donors (Lipinski definition) is 1. The molecule has 9 heteroatoms. The van der Waals surface area contributed by atoms with Crippen molar-refractivity contribution in [3.05, 3.63) is 69.3 Å². The zero-order chi connectivity index (χ0) is 18.3. The van der Waals surface area contributed by atoms with Crippen molar-refractivity contribution in [3.8, 4) is 11.3 Å². The van der Waals surface area contributed by atoms with Crippen molar-refractivity contribution in [3.63, 3.8) is 0 Å². The van der Waals surface area contributed by atoms with E-state index in [1.807, 2.05) is 5.38 Å². The maximum Gasteiger partial charge on any atom is 0.261 e. The number of halogens is 3. The second-order valence-electron chi connectivity index (χ2n) is 5.31. The van der Waals surface area contributed by atoms with Crippen molar-refractivity contribution in [2.24, 2.45) is 0 Å². The first-order valence-electron chi connectivity index (χ1n) is 7.38. The minimum atomic E-state index is -0.622. The molecule has 1 N–H and O–H groups in total. The molecule has 2 aromatic heterocycles. The highest BCUT2D eigenvalue weighted by molar-refractivity contribution is 7.15. The van der Waals surface area contributed by atoms with Crippen LogP contribution in [0.2, 0.25) is 10.0 Å². The van der Waals surface area contributed by atoms with Crippen LogP contribution in [0.1, 0.15) is 10.4 Å². The van der Waals surface area contributed by atoms with Crippen LogP contribution in [-0.4, -0.2) is 20.5 Å². The van der Waals surface area contributed by atoms with E-state index in [0.717, 1.165) is 0 Å². The Bertz CT molecular complexity index is 1140. The van der Waals surface area contributed by atoms with Crippen molar-refractivity contribution in [1.82, 2.24) is 14.6 Å². The smallest absolute Gasteiger partial charge is 0.261 e. The number of anilines is 1. The summed E-state index contributed by atoms with van der Waals surface area (Å²) in [6.07, 6.45) is 0. The summed E-state index contributed by atoms with van der Waals surface area (Å²) in [5.41, 5.74) is 1.31. The zero-order valence-electron chi connectivity index (χ0n) is 12.9. The van der Waals surface area contributed by atoms with Gasteiger partial charge in [0.15, 0.2) is 0 Å². The summed E-state index contributed by atoms with van der Waals surface area (Å²) in [5, 5.41) is 9.68. The van der Waals surface area contributed by atoms with Crippen molar-refractivity contribution in [1.29, 1.82) is 0 Å². The van der Waals surface area contributed by atoms with Gasteiger partial charge in [-0.3, -0.25) is 10.1 Å². The number of carbonyl (C=O) groups excluding carboxylic acids is 1. The standard InChI is InChI=1S/C17H9Cl2FN4OS/c18-9-5-6-12(19)11(7-9)14-8-26-17-22-16(23-24(14)17)21-15(25)10-3-1-2-4-13(10)20/h1-8H,(H,21,23,25). The number of thiazole rings is 1. The molecule has 0 saturated carbocycles. The fourth-order valence-electron chi connectivity index (χ4n) is 2.43. The molecule has 26 heavy (non-hydrogen) atoms. The molecule has 0 saturated heterocycles. The van der Waals surface area contributed by atoms with Gasteiger partial charge in [0.05, 0.1) is 16.3 Å². The van der Waals surface area contributed by atoms with Crippen LogP contribution in [0.25, 0.3) is 16.2 Å². The Morgan fingerprint density at radius 3 is 2.81 bits per heavy atom. The van der Waals surface area contributed by atoms with Gasteiger partial charge in [-0.1, -0.05) is 35.3 Å². The van der Waals surface area contributed by atoms with Crippen LogP contribution in [0.3, 0.4) is 0 Å². The molecule has 4 rings (SSSR count). The first kappa shape index (κ1) is 17.0. The van der Waals surface area contributed by atoms with E-state index >= 15 is 0 Å². The molecular weight excluding hydrogens is 398 g/mol. The Balaban J connectivity index is 1.69. The van der Waals surface area contributed by atoms with Crippen LogP contribution < -0.4 is 5.32 Å². The Morgan fingerprint density at radius 2 is 2.00 bits per heavy atom. The van der Waals surface area contributed by atoms with Gasteiger partial charge in [-0.15, -0.1) is 16.4 Å². The van der Waals surface area contributed by atoms with Gasteiger partial charge in [0.2, 0.25) is 4.96 Å². The molecule has 0 unspecified atom stereocenters. The molecule has 0 aliphatic heterocycles. The molecule has 4 aromatic rings. The maximum atomic E-state index is 13.7. The van der Waals surface area contributed by atoms with E-state index in [1.165, 1.54) is 29.5 Å². The number of hydrogen-bond acceptors (Lipinski definition) is 4. The molecule has 0 radical (unpaired) electrons. The third-order valence-corrected chi connectivity index (χ3v) is 5.01. The molecular formula is C17H9Cl2FN4OS. The predicted octanol–water partition coefficient (Wildman–Crippen LogP) is 5.16. The molecule has 0 fully saturated rings. The number of rotatable bonds is 3. The van der Waals surface area contributed by atoms with Crippen LogP contribution in [0.4, 0.5) is 10.3 Å². The highest BCUT2D eigenvalue weighted by atomic mass is 35.5. The number of nitrogens with zero attached hydrogens (tertiary/aromatic N) is 3. The summed E-state index contributed by atoms with van der Waals surface area (Å²) in [6, 6.07) is 10.8. The summed E-state index contributed by atoms with van der Waals surface area (Å²) < 4.78 is 15.3. The van der Waals surface area contributed by atoms with Gasteiger partial charge in [-0.05, 0) is 30.3 Å². The summed E-state index contributed by atoms with van der Waals surface area (Å²) in [6.45, 7) is 0. The lowest BCUT2D eigenvalue weighted by atomic mass is 10.2. The Kier molecular flexibility index (Phi) is 4.36. The first-order chi connectivity index (χ1) is 12.5. The third kappa shape index (κ3) is 3.05. The lowest BCUT2D eigenvalue weighted by Gasteiger charge is -2.03. The van der Waals surface area contributed by atoms with Crippen molar-refractivity contribution >= 4 is 51.4 Å². The molecule has 0 spiro atoms. The van der Waals surface area contributed by atoms with Gasteiger partial charge in [0, 0.05) is 16.0 Å². The highest BCUT2D eigenvalue weighted by Gasteiger charge is 2.17. The number of nitrogens with one attached hydrogen (secondary N) is 1. The van der Waals surface area contributed by atoms with Gasteiger partial charge in [-0.25, -0.2) is 8.91 Å². The largest absolute Gasteiger partial charge is 0.289 e. The van der Waals surface area contributed by atoms with E-state index in [-0.39, 0.29) is 11.5 Å². The average Bonchev–Trinajstić information content (AvgIpc) is 3.17. The lowest BCUT2D eigenvalue weighted by molar-refractivity contribution is 0.102. The molecule has 2 aromatic carbocycles. The van der Waals surface area contributed by atoms with Gasteiger partial charge < -0.3 is 0 Å². The number of amides is 1. The molecule has 1 amide bonds. The molecule has 0 bridgehead atoms. The normalized spacial score (nSPS) is 11.0. The van der Waals surface area contributed by atoms with Crippen molar-refractivity contribution in [2.45, 2.75) is 0 Å². The van der Waals surface area contributed by atoms with Crippen LogP contribution in [0, 0.1) is 5.82 Å². The number of carbonyl (C=O) groups is 1. The Morgan fingerprint density at radius 1 is 1.19 bits per heavy atom. The zero-order valence-corrected chi connectivity index (χ0v) is 15.2. The quantitative estimate of drug-likeness (QED) is 0.511. The number of aromatic nitrogens is 3. The van der Waals surface area contributed by atoms with Gasteiger partial charge >= 0.3 is 0 Å². The third-order valence-electron chi connectivity index (χ3n) is 3.63. The van der Waals surface area contributed by atoms with Crippen molar-refractivity contribution < 1.29 is 9.18 Å². The monoisotopic (exact) mass is 406 g/mol. The predicted molar refractivity (Wildman–Crippen MR) is 101 cm³/mol. The van der Waals surface area contributed by atoms with Crippen LogP contribution in [-0.2, 0) is 0 Å². The van der Waals surface area contributed by atoms with E-state index < -0.39 is 11.7 Å². The highest BCUT2D eigenvalue weighted by Crippen LogP contribution is 2.33. The average molecular weight is 407 g/mol. The second-order valence-corrected chi connectivity index (χ2v) is 6.99. The Labute approximate surface area is 161 Å².